The van der Waals surface area contributed by atoms with E-state index in [0.29, 0.717) is 25.4 Å². The van der Waals surface area contributed by atoms with Crippen LogP contribution >= 0.6 is 0 Å². The number of sulfonamides is 1. The van der Waals surface area contributed by atoms with Gasteiger partial charge in [0, 0.05) is 24.2 Å². The van der Waals surface area contributed by atoms with Crippen molar-refractivity contribution in [3.8, 4) is 0 Å². The molecule has 0 amide bonds. The quantitative estimate of drug-likeness (QED) is 0.652. The van der Waals surface area contributed by atoms with Crippen molar-refractivity contribution < 1.29 is 17.9 Å². The van der Waals surface area contributed by atoms with Crippen LogP contribution in [-0.2, 0) is 26.0 Å². The summed E-state index contributed by atoms with van der Waals surface area (Å²) in [6.07, 6.45) is -0.390. The molecule has 1 aromatic heterocycles. The molecule has 1 aliphatic rings. The SMILES string of the molecule is Cc1ccc2[nH]c(=O)c(CN(C[C@@H]3COCCO3)S(=O)(=O)c3ccccc3)cc2c1. The van der Waals surface area contributed by atoms with Crippen LogP contribution in [0.1, 0.15) is 11.1 Å². The summed E-state index contributed by atoms with van der Waals surface area (Å²) in [5, 5.41) is 0.860. The molecule has 0 bridgehead atoms. The zero-order chi connectivity index (χ0) is 21.1. The van der Waals surface area contributed by atoms with Crippen LogP contribution in [0.15, 0.2) is 64.3 Å². The lowest BCUT2D eigenvalue weighted by Gasteiger charge is -2.29. The third-order valence-corrected chi connectivity index (χ3v) is 6.92. The Labute approximate surface area is 175 Å². The Kier molecular flexibility index (Phi) is 6.01. The molecule has 1 N–H and O–H groups in total. The minimum atomic E-state index is -3.83. The number of aromatic amines is 1. The van der Waals surface area contributed by atoms with Gasteiger partial charge in [0.2, 0.25) is 10.0 Å². The Hall–Kier alpha value is -2.52. The van der Waals surface area contributed by atoms with E-state index in [9.17, 15) is 13.2 Å². The summed E-state index contributed by atoms with van der Waals surface area (Å²) < 4.78 is 39.1. The molecule has 0 unspecified atom stereocenters. The van der Waals surface area contributed by atoms with Crippen molar-refractivity contribution >= 4 is 20.9 Å². The molecular weight excluding hydrogens is 404 g/mol. The van der Waals surface area contributed by atoms with Gasteiger partial charge < -0.3 is 14.5 Å². The minimum Gasteiger partial charge on any atom is -0.376 e. The van der Waals surface area contributed by atoms with E-state index in [-0.39, 0.29) is 29.6 Å². The zero-order valence-corrected chi connectivity index (χ0v) is 17.5. The first kappa shape index (κ1) is 20.7. The number of aromatic nitrogens is 1. The summed E-state index contributed by atoms with van der Waals surface area (Å²) in [6.45, 7) is 3.23. The van der Waals surface area contributed by atoms with Crippen LogP contribution in [-0.4, -0.2) is 50.2 Å². The molecule has 30 heavy (non-hydrogen) atoms. The van der Waals surface area contributed by atoms with Crippen LogP contribution in [0.2, 0.25) is 0 Å². The lowest BCUT2D eigenvalue weighted by molar-refractivity contribution is -0.0923. The minimum absolute atomic E-state index is 0.0592. The van der Waals surface area contributed by atoms with Gasteiger partial charge in [-0.25, -0.2) is 8.42 Å². The topological polar surface area (TPSA) is 88.7 Å². The standard InChI is InChI=1S/C22H24N2O5S/c1-16-7-8-21-17(11-16)12-18(22(25)23-21)13-24(14-19-15-28-9-10-29-19)30(26,27)20-5-3-2-4-6-20/h2-8,11-12,19H,9-10,13-15H2,1H3,(H,23,25)/t19-/m1/s1. The number of hydrogen-bond acceptors (Lipinski definition) is 5. The molecule has 2 heterocycles. The molecule has 0 aliphatic carbocycles. The molecule has 0 spiro atoms. The monoisotopic (exact) mass is 428 g/mol. The van der Waals surface area contributed by atoms with Gasteiger partial charge in [-0.2, -0.15) is 4.31 Å². The third-order valence-electron chi connectivity index (χ3n) is 5.10. The molecule has 8 heteroatoms. The number of fused-ring (bicyclic) bond motifs is 1. The second kappa shape index (κ2) is 8.69. The highest BCUT2D eigenvalue weighted by molar-refractivity contribution is 7.89. The summed E-state index contributed by atoms with van der Waals surface area (Å²) in [5.74, 6) is 0. The Morgan fingerprint density at radius 2 is 1.90 bits per heavy atom. The van der Waals surface area contributed by atoms with Gasteiger partial charge in [-0.15, -0.1) is 0 Å². The second-order valence-electron chi connectivity index (χ2n) is 7.39. The third kappa shape index (κ3) is 4.46. The fourth-order valence-corrected chi connectivity index (χ4v) is 5.01. The van der Waals surface area contributed by atoms with E-state index in [1.54, 1.807) is 36.4 Å². The summed E-state index contributed by atoms with van der Waals surface area (Å²) in [4.78, 5) is 15.7. The lowest BCUT2D eigenvalue weighted by Crippen LogP contribution is -2.43. The summed E-state index contributed by atoms with van der Waals surface area (Å²) in [7, 11) is -3.83. The average Bonchev–Trinajstić information content (AvgIpc) is 2.75. The van der Waals surface area contributed by atoms with Crippen LogP contribution in [0.25, 0.3) is 10.9 Å². The molecule has 0 saturated carbocycles. The first-order valence-corrected chi connectivity index (χ1v) is 11.2. The molecule has 1 saturated heterocycles. The largest absolute Gasteiger partial charge is 0.376 e. The maximum atomic E-state index is 13.4. The molecule has 4 rings (SSSR count). The van der Waals surface area contributed by atoms with Crippen molar-refractivity contribution in [1.82, 2.24) is 9.29 Å². The lowest BCUT2D eigenvalue weighted by atomic mass is 10.1. The fraction of sp³-hybridized carbons (Fsp3) is 0.318. The molecule has 0 radical (unpaired) electrons. The van der Waals surface area contributed by atoms with Gasteiger partial charge in [0.25, 0.3) is 5.56 Å². The van der Waals surface area contributed by atoms with Crippen LogP contribution < -0.4 is 5.56 Å². The van der Waals surface area contributed by atoms with Gasteiger partial charge in [0.15, 0.2) is 0 Å². The van der Waals surface area contributed by atoms with E-state index < -0.39 is 10.0 Å². The highest BCUT2D eigenvalue weighted by Crippen LogP contribution is 2.21. The molecule has 158 valence electrons. The molecule has 1 fully saturated rings. The highest BCUT2D eigenvalue weighted by Gasteiger charge is 2.29. The Morgan fingerprint density at radius 1 is 1.10 bits per heavy atom. The van der Waals surface area contributed by atoms with Crippen molar-refractivity contribution in [3.05, 3.63) is 76.1 Å². The van der Waals surface area contributed by atoms with Crippen molar-refractivity contribution in [2.45, 2.75) is 24.5 Å². The summed E-state index contributed by atoms with van der Waals surface area (Å²) in [6, 6.07) is 15.7. The normalized spacial score (nSPS) is 17.5. The van der Waals surface area contributed by atoms with Crippen molar-refractivity contribution in [2.24, 2.45) is 0 Å². The van der Waals surface area contributed by atoms with E-state index in [4.69, 9.17) is 9.47 Å². The maximum Gasteiger partial charge on any atom is 0.252 e. The number of nitrogens with zero attached hydrogens (tertiary/aromatic N) is 1. The van der Waals surface area contributed by atoms with E-state index in [1.165, 1.54) is 4.31 Å². The molecule has 2 aromatic carbocycles. The van der Waals surface area contributed by atoms with E-state index in [2.05, 4.69) is 4.98 Å². The number of benzene rings is 2. The molecule has 1 atom stereocenters. The predicted octanol–water partition coefficient (Wildman–Crippen LogP) is 2.44. The smallest absolute Gasteiger partial charge is 0.252 e. The Bertz CT molecular complexity index is 1190. The molecule has 1 aliphatic heterocycles. The summed E-state index contributed by atoms with van der Waals surface area (Å²) >= 11 is 0. The van der Waals surface area contributed by atoms with E-state index in [0.717, 1.165) is 16.5 Å². The average molecular weight is 429 g/mol. The van der Waals surface area contributed by atoms with Crippen LogP contribution in [0.3, 0.4) is 0 Å². The first-order chi connectivity index (χ1) is 14.4. The van der Waals surface area contributed by atoms with Gasteiger partial charge in [-0.05, 0) is 42.6 Å². The van der Waals surface area contributed by atoms with E-state index in [1.807, 2.05) is 25.1 Å². The molecule has 7 nitrogen and oxygen atoms in total. The number of H-pyrrole nitrogens is 1. The maximum absolute atomic E-state index is 13.4. The fourth-order valence-electron chi connectivity index (χ4n) is 3.54. The van der Waals surface area contributed by atoms with Gasteiger partial charge >= 0.3 is 0 Å². The van der Waals surface area contributed by atoms with Crippen LogP contribution in [0, 0.1) is 6.92 Å². The van der Waals surface area contributed by atoms with Crippen LogP contribution in [0.4, 0.5) is 0 Å². The number of pyridine rings is 1. The van der Waals surface area contributed by atoms with Crippen molar-refractivity contribution in [2.75, 3.05) is 26.4 Å². The molecular formula is C22H24N2O5S. The zero-order valence-electron chi connectivity index (χ0n) is 16.7. The Balaban J connectivity index is 1.71. The van der Waals surface area contributed by atoms with E-state index >= 15 is 0 Å². The highest BCUT2D eigenvalue weighted by atomic mass is 32.2. The first-order valence-electron chi connectivity index (χ1n) is 9.80. The Morgan fingerprint density at radius 3 is 2.63 bits per heavy atom. The van der Waals surface area contributed by atoms with Crippen molar-refractivity contribution in [1.29, 1.82) is 0 Å². The van der Waals surface area contributed by atoms with Crippen molar-refractivity contribution in [3.63, 3.8) is 0 Å². The number of rotatable bonds is 6. The number of hydrogen-bond donors (Lipinski definition) is 1. The van der Waals surface area contributed by atoms with Gasteiger partial charge in [-0.3, -0.25) is 4.79 Å². The second-order valence-corrected chi connectivity index (χ2v) is 9.33. The van der Waals surface area contributed by atoms with Gasteiger partial charge in [0.05, 0.1) is 30.8 Å². The van der Waals surface area contributed by atoms with Gasteiger partial charge in [-0.1, -0.05) is 29.8 Å². The molecule has 3 aromatic rings. The summed E-state index contributed by atoms with van der Waals surface area (Å²) in [5.41, 5.74) is 1.85. The number of ether oxygens (including phenoxy) is 2. The number of aryl methyl sites for hydroxylation is 1. The predicted molar refractivity (Wildman–Crippen MR) is 114 cm³/mol. The van der Waals surface area contributed by atoms with Crippen LogP contribution in [0.5, 0.6) is 0 Å². The van der Waals surface area contributed by atoms with Gasteiger partial charge in [0.1, 0.15) is 0 Å². The number of nitrogens with one attached hydrogen (secondary N) is 1.